The van der Waals surface area contributed by atoms with Gasteiger partial charge in [-0.3, -0.25) is 0 Å². The average Bonchev–Trinajstić information content (AvgIpc) is 2.65. The summed E-state index contributed by atoms with van der Waals surface area (Å²) < 4.78 is 0. The highest BCUT2D eigenvalue weighted by Gasteiger charge is 2.32. The third kappa shape index (κ3) is 4.40. The van der Waals surface area contributed by atoms with Crippen LogP contribution in [0.1, 0.15) is 51.9 Å². The molecule has 0 aromatic heterocycles. The molecule has 0 unspecified atom stereocenters. The minimum atomic E-state index is -0.347. The lowest BCUT2D eigenvalue weighted by molar-refractivity contribution is 0.0864. The van der Waals surface area contributed by atoms with Crippen LogP contribution in [0.5, 0.6) is 0 Å². The minimum Gasteiger partial charge on any atom is -0.395 e. The Kier molecular flexibility index (Phi) is 7.01. The number of nitrogens with one attached hydrogen (secondary N) is 1. The molecule has 3 nitrogen and oxygen atoms in total. The summed E-state index contributed by atoms with van der Waals surface area (Å²) in [6, 6.07) is -0.0925. The monoisotopic (exact) mass is 229 g/mol. The largest absolute Gasteiger partial charge is 0.395 e. The van der Waals surface area contributed by atoms with Gasteiger partial charge in [0.1, 0.15) is 0 Å². The van der Waals surface area contributed by atoms with Gasteiger partial charge >= 0.3 is 0 Å². The molecule has 0 radical (unpaired) electrons. The minimum absolute atomic E-state index is 0.0498. The molecule has 1 heterocycles. The molecule has 0 aliphatic carbocycles. The maximum Gasteiger partial charge on any atom is 0.0755 e. The van der Waals surface area contributed by atoms with Gasteiger partial charge in [0.05, 0.1) is 18.8 Å². The highest BCUT2D eigenvalue weighted by Crippen LogP contribution is 2.21. The van der Waals surface area contributed by atoms with E-state index in [1.807, 2.05) is 0 Å². The predicted octanol–water partition coefficient (Wildman–Crippen LogP) is 1.68. The summed E-state index contributed by atoms with van der Waals surface area (Å²) >= 11 is 0. The summed E-state index contributed by atoms with van der Waals surface area (Å²) in [5.74, 6) is 0.350. The lowest BCUT2D eigenvalue weighted by Crippen LogP contribution is -2.34. The number of aliphatic hydroxyl groups excluding tert-OH is 2. The number of hydrogen-bond donors (Lipinski definition) is 3. The zero-order valence-corrected chi connectivity index (χ0v) is 10.5. The molecular formula is C13H27NO2. The van der Waals surface area contributed by atoms with Crippen LogP contribution in [0.2, 0.25) is 0 Å². The molecule has 3 atom stereocenters. The van der Waals surface area contributed by atoms with Gasteiger partial charge in [-0.2, -0.15) is 0 Å². The Morgan fingerprint density at radius 1 is 1.12 bits per heavy atom. The van der Waals surface area contributed by atoms with Gasteiger partial charge < -0.3 is 15.5 Å². The van der Waals surface area contributed by atoms with Crippen LogP contribution in [0, 0.1) is 5.92 Å². The van der Waals surface area contributed by atoms with Crippen molar-refractivity contribution in [3.05, 3.63) is 0 Å². The summed E-state index contributed by atoms with van der Waals surface area (Å²) in [5.41, 5.74) is 0. The van der Waals surface area contributed by atoms with Crippen molar-refractivity contribution in [1.82, 2.24) is 5.32 Å². The van der Waals surface area contributed by atoms with Crippen molar-refractivity contribution in [3.8, 4) is 0 Å². The van der Waals surface area contributed by atoms with Crippen molar-refractivity contribution >= 4 is 0 Å². The standard InChI is InChI=1S/C13H27NO2/c1-2-3-4-5-6-7-8-11-9-14-12(10-15)13(11)16/h11-16H,2-10H2,1H3/t11-,12+,13-/m1/s1. The van der Waals surface area contributed by atoms with E-state index in [-0.39, 0.29) is 18.8 Å². The maximum atomic E-state index is 9.87. The SMILES string of the molecule is CCCCCCCC[C@@H]1CN[C@@H](CO)[C@@H]1O. The normalized spacial score (nSPS) is 29.8. The highest BCUT2D eigenvalue weighted by molar-refractivity contribution is 4.89. The van der Waals surface area contributed by atoms with Gasteiger partial charge in [-0.05, 0) is 12.3 Å². The second-order valence-electron chi connectivity index (χ2n) is 5.00. The van der Waals surface area contributed by atoms with E-state index in [1.165, 1.54) is 38.5 Å². The fourth-order valence-corrected chi connectivity index (χ4v) is 2.51. The number of hydrogen-bond acceptors (Lipinski definition) is 3. The highest BCUT2D eigenvalue weighted by atomic mass is 16.3. The van der Waals surface area contributed by atoms with Gasteiger partial charge in [-0.25, -0.2) is 0 Å². The van der Waals surface area contributed by atoms with E-state index in [0.29, 0.717) is 5.92 Å². The number of unbranched alkanes of at least 4 members (excludes halogenated alkanes) is 5. The molecular weight excluding hydrogens is 202 g/mol. The summed E-state index contributed by atoms with van der Waals surface area (Å²) in [7, 11) is 0. The first-order valence-electron chi connectivity index (χ1n) is 6.82. The Bertz CT molecular complexity index is 175. The van der Waals surface area contributed by atoms with E-state index in [9.17, 15) is 5.11 Å². The van der Waals surface area contributed by atoms with E-state index in [2.05, 4.69) is 12.2 Å². The molecule has 96 valence electrons. The van der Waals surface area contributed by atoms with E-state index in [4.69, 9.17) is 5.11 Å². The Morgan fingerprint density at radius 3 is 2.44 bits per heavy atom. The van der Waals surface area contributed by atoms with Crippen molar-refractivity contribution in [3.63, 3.8) is 0 Å². The molecule has 3 heteroatoms. The van der Waals surface area contributed by atoms with E-state index in [1.54, 1.807) is 0 Å². The van der Waals surface area contributed by atoms with Gasteiger partial charge in [0, 0.05) is 6.54 Å². The molecule has 1 aliphatic rings. The van der Waals surface area contributed by atoms with Gasteiger partial charge in [0.2, 0.25) is 0 Å². The quantitative estimate of drug-likeness (QED) is 0.555. The van der Waals surface area contributed by atoms with Crippen LogP contribution >= 0.6 is 0 Å². The van der Waals surface area contributed by atoms with E-state index in [0.717, 1.165) is 13.0 Å². The molecule has 1 saturated heterocycles. The Labute approximate surface area is 99.3 Å². The first-order chi connectivity index (χ1) is 7.79. The lowest BCUT2D eigenvalue weighted by atomic mass is 9.95. The van der Waals surface area contributed by atoms with Crippen molar-refractivity contribution in [2.45, 2.75) is 64.0 Å². The molecule has 0 amide bonds. The second-order valence-corrected chi connectivity index (χ2v) is 5.00. The van der Waals surface area contributed by atoms with Crippen LogP contribution in [0.15, 0.2) is 0 Å². The smallest absolute Gasteiger partial charge is 0.0755 e. The zero-order chi connectivity index (χ0) is 11.8. The zero-order valence-electron chi connectivity index (χ0n) is 10.5. The van der Waals surface area contributed by atoms with Gasteiger partial charge in [-0.1, -0.05) is 45.4 Å². The Balaban J connectivity index is 2.01. The number of rotatable bonds is 8. The van der Waals surface area contributed by atoms with Gasteiger partial charge in [0.15, 0.2) is 0 Å². The van der Waals surface area contributed by atoms with Gasteiger partial charge in [-0.15, -0.1) is 0 Å². The van der Waals surface area contributed by atoms with Gasteiger partial charge in [0.25, 0.3) is 0 Å². The lowest BCUT2D eigenvalue weighted by Gasteiger charge is -2.16. The van der Waals surface area contributed by atoms with Crippen LogP contribution < -0.4 is 5.32 Å². The van der Waals surface area contributed by atoms with Crippen LogP contribution in [0.25, 0.3) is 0 Å². The fraction of sp³-hybridized carbons (Fsp3) is 1.00. The van der Waals surface area contributed by atoms with Crippen LogP contribution in [0.4, 0.5) is 0 Å². The molecule has 0 spiro atoms. The van der Waals surface area contributed by atoms with Crippen LogP contribution in [-0.2, 0) is 0 Å². The number of aliphatic hydroxyl groups is 2. The summed E-state index contributed by atoms with van der Waals surface area (Å²) in [5, 5.41) is 22.0. The first kappa shape index (κ1) is 13.9. The van der Waals surface area contributed by atoms with Crippen molar-refractivity contribution < 1.29 is 10.2 Å². The summed E-state index contributed by atoms with van der Waals surface area (Å²) in [4.78, 5) is 0. The summed E-state index contributed by atoms with van der Waals surface area (Å²) in [6.07, 6.45) is 8.56. The van der Waals surface area contributed by atoms with Crippen molar-refractivity contribution in [1.29, 1.82) is 0 Å². The Morgan fingerprint density at radius 2 is 1.81 bits per heavy atom. The fourth-order valence-electron chi connectivity index (χ4n) is 2.51. The molecule has 0 bridgehead atoms. The molecule has 0 aromatic carbocycles. The van der Waals surface area contributed by atoms with E-state index >= 15 is 0 Å². The van der Waals surface area contributed by atoms with Crippen molar-refractivity contribution in [2.75, 3.05) is 13.2 Å². The molecule has 1 aliphatic heterocycles. The molecule has 1 fully saturated rings. The van der Waals surface area contributed by atoms with E-state index < -0.39 is 0 Å². The topological polar surface area (TPSA) is 52.5 Å². The molecule has 0 aromatic rings. The van der Waals surface area contributed by atoms with Crippen molar-refractivity contribution in [2.24, 2.45) is 5.92 Å². The Hall–Kier alpha value is -0.120. The molecule has 16 heavy (non-hydrogen) atoms. The first-order valence-corrected chi connectivity index (χ1v) is 6.82. The van der Waals surface area contributed by atoms with Crippen LogP contribution in [-0.4, -0.2) is 35.5 Å². The molecule has 0 saturated carbocycles. The molecule has 1 rings (SSSR count). The third-order valence-corrected chi connectivity index (χ3v) is 3.66. The second kappa shape index (κ2) is 8.04. The average molecular weight is 229 g/mol. The molecule has 3 N–H and O–H groups in total. The van der Waals surface area contributed by atoms with Crippen LogP contribution in [0.3, 0.4) is 0 Å². The third-order valence-electron chi connectivity index (χ3n) is 3.66. The maximum absolute atomic E-state index is 9.87. The summed E-state index contributed by atoms with van der Waals surface area (Å²) in [6.45, 7) is 3.14. The predicted molar refractivity (Wildman–Crippen MR) is 66.4 cm³/mol.